The van der Waals surface area contributed by atoms with Gasteiger partial charge < -0.3 is 14.3 Å². The molecule has 0 amide bonds. The number of aliphatic carboxylic acids is 1. The molecule has 0 atom stereocenters. The highest BCUT2D eigenvalue weighted by Gasteiger charge is 2.08. The number of ether oxygens (including phenoxy) is 1. The molecule has 3 rings (SSSR count). The van der Waals surface area contributed by atoms with Crippen LogP contribution in [0.5, 0.6) is 5.75 Å². The summed E-state index contributed by atoms with van der Waals surface area (Å²) < 4.78 is 11.3. The fourth-order valence-electron chi connectivity index (χ4n) is 2.44. The third kappa shape index (κ3) is 3.34. The number of hydrogen-bond donors (Lipinski definition) is 1. The van der Waals surface area contributed by atoms with Crippen molar-refractivity contribution >= 4 is 27.9 Å². The van der Waals surface area contributed by atoms with Gasteiger partial charge in [-0.2, -0.15) is 0 Å². The summed E-state index contributed by atoms with van der Waals surface area (Å²) in [6, 6.07) is 12.3. The molecule has 0 unspecified atom stereocenters. The van der Waals surface area contributed by atoms with Crippen molar-refractivity contribution in [1.82, 2.24) is 0 Å². The molecule has 3 aromatic rings. The minimum atomic E-state index is -0.805. The highest BCUT2D eigenvalue weighted by atomic mass is 16.5. The molecule has 2 aromatic carbocycles. The fourth-order valence-corrected chi connectivity index (χ4v) is 2.44. The summed E-state index contributed by atoms with van der Waals surface area (Å²) in [4.78, 5) is 22.9. The highest BCUT2D eigenvalue weighted by molar-refractivity contribution is 5.90. The molecule has 1 heterocycles. The van der Waals surface area contributed by atoms with Crippen LogP contribution in [0, 0.1) is 0 Å². The van der Waals surface area contributed by atoms with Crippen LogP contribution < -0.4 is 10.2 Å². The first-order chi connectivity index (χ1) is 11.1. The van der Waals surface area contributed by atoms with Gasteiger partial charge in [-0.15, -0.1) is 0 Å². The van der Waals surface area contributed by atoms with Crippen LogP contribution in [0.3, 0.4) is 0 Å². The minimum Gasteiger partial charge on any atom is -0.494 e. The van der Waals surface area contributed by atoms with Gasteiger partial charge in [-0.1, -0.05) is 12.1 Å². The number of hydrogen-bond acceptors (Lipinski definition) is 4. The number of carbonyl (C=O) groups is 1. The van der Waals surface area contributed by atoms with Crippen molar-refractivity contribution in [3.8, 4) is 5.75 Å². The van der Waals surface area contributed by atoms with E-state index in [1.54, 1.807) is 36.4 Å². The second-order valence-electron chi connectivity index (χ2n) is 5.28. The van der Waals surface area contributed by atoms with E-state index in [-0.39, 0.29) is 11.8 Å². The topological polar surface area (TPSA) is 76.7 Å². The SMILES string of the molecule is O=C(O)CCCCOc1ccc2oc3ccccc3c(=O)c2c1. The molecule has 0 fully saturated rings. The molecule has 0 aliphatic heterocycles. The van der Waals surface area contributed by atoms with Crippen LogP contribution in [0.1, 0.15) is 19.3 Å². The van der Waals surface area contributed by atoms with Gasteiger partial charge in [0.2, 0.25) is 5.43 Å². The molecule has 0 radical (unpaired) electrons. The Balaban J connectivity index is 1.81. The second-order valence-corrected chi connectivity index (χ2v) is 5.28. The van der Waals surface area contributed by atoms with E-state index in [2.05, 4.69) is 0 Å². The average molecular weight is 312 g/mol. The monoisotopic (exact) mass is 312 g/mol. The third-order valence-corrected chi connectivity index (χ3v) is 3.60. The van der Waals surface area contributed by atoms with E-state index in [9.17, 15) is 9.59 Å². The molecule has 5 nitrogen and oxygen atoms in total. The lowest BCUT2D eigenvalue weighted by Gasteiger charge is -2.07. The van der Waals surface area contributed by atoms with Gasteiger partial charge in [-0.3, -0.25) is 9.59 Å². The normalized spacial score (nSPS) is 11.0. The lowest BCUT2D eigenvalue weighted by Crippen LogP contribution is -2.03. The molecule has 5 heteroatoms. The summed E-state index contributed by atoms with van der Waals surface area (Å²) >= 11 is 0. The maximum atomic E-state index is 12.5. The molecule has 1 aromatic heterocycles. The molecule has 1 N–H and O–H groups in total. The summed E-state index contributed by atoms with van der Waals surface area (Å²) in [6.45, 7) is 0.414. The first-order valence-electron chi connectivity index (χ1n) is 7.45. The van der Waals surface area contributed by atoms with Crippen LogP contribution in [-0.2, 0) is 4.79 Å². The van der Waals surface area contributed by atoms with Crippen LogP contribution in [0.2, 0.25) is 0 Å². The number of fused-ring (bicyclic) bond motifs is 2. The quantitative estimate of drug-likeness (QED) is 0.556. The molecular formula is C18H16O5. The third-order valence-electron chi connectivity index (χ3n) is 3.60. The molecule has 0 bridgehead atoms. The van der Waals surface area contributed by atoms with E-state index in [4.69, 9.17) is 14.3 Å². The summed E-state index contributed by atoms with van der Waals surface area (Å²) in [5.74, 6) is -0.226. The van der Waals surface area contributed by atoms with Crippen molar-refractivity contribution in [3.63, 3.8) is 0 Å². The number of carboxylic acid groups (broad SMARTS) is 1. The van der Waals surface area contributed by atoms with E-state index in [1.165, 1.54) is 0 Å². The Kier molecular flexibility index (Phi) is 4.28. The van der Waals surface area contributed by atoms with Gasteiger partial charge in [0.25, 0.3) is 0 Å². The van der Waals surface area contributed by atoms with Crippen LogP contribution in [0.25, 0.3) is 21.9 Å². The Morgan fingerprint density at radius 2 is 1.83 bits per heavy atom. The molecule has 0 spiro atoms. The Labute approximate surface area is 132 Å². The zero-order valence-electron chi connectivity index (χ0n) is 12.5. The first-order valence-corrected chi connectivity index (χ1v) is 7.45. The molecule has 23 heavy (non-hydrogen) atoms. The van der Waals surface area contributed by atoms with Gasteiger partial charge in [-0.25, -0.2) is 0 Å². The zero-order chi connectivity index (χ0) is 16.2. The van der Waals surface area contributed by atoms with Crippen LogP contribution in [0.4, 0.5) is 0 Å². The van der Waals surface area contributed by atoms with Crippen LogP contribution in [0.15, 0.2) is 51.7 Å². The minimum absolute atomic E-state index is 0.0850. The Bertz CT molecular complexity index is 910. The molecule has 118 valence electrons. The second kappa shape index (κ2) is 6.52. The molecular weight excluding hydrogens is 296 g/mol. The first kappa shape index (κ1) is 15.1. The number of benzene rings is 2. The number of unbranched alkanes of at least 4 members (excludes halogenated alkanes) is 1. The van der Waals surface area contributed by atoms with Crippen molar-refractivity contribution < 1.29 is 19.1 Å². The van der Waals surface area contributed by atoms with Crippen molar-refractivity contribution in [2.45, 2.75) is 19.3 Å². The number of para-hydroxylation sites is 1. The van der Waals surface area contributed by atoms with E-state index >= 15 is 0 Å². The molecule has 0 saturated carbocycles. The van der Waals surface area contributed by atoms with Gasteiger partial charge in [0.1, 0.15) is 16.9 Å². The van der Waals surface area contributed by atoms with Crippen LogP contribution in [-0.4, -0.2) is 17.7 Å². The summed E-state index contributed by atoms with van der Waals surface area (Å²) in [5.41, 5.74) is 0.998. The van der Waals surface area contributed by atoms with Gasteiger partial charge in [0.05, 0.1) is 17.4 Å². The maximum absolute atomic E-state index is 12.5. The number of rotatable bonds is 6. The zero-order valence-corrected chi connectivity index (χ0v) is 12.5. The Morgan fingerprint density at radius 3 is 2.65 bits per heavy atom. The van der Waals surface area contributed by atoms with Gasteiger partial charge in [-0.05, 0) is 43.2 Å². The highest BCUT2D eigenvalue weighted by Crippen LogP contribution is 2.22. The predicted molar refractivity (Wildman–Crippen MR) is 87.0 cm³/mol. The summed E-state index contributed by atoms with van der Waals surface area (Å²) in [6.07, 6.45) is 1.35. The molecule has 0 aliphatic rings. The largest absolute Gasteiger partial charge is 0.494 e. The van der Waals surface area contributed by atoms with Gasteiger partial charge >= 0.3 is 5.97 Å². The maximum Gasteiger partial charge on any atom is 0.303 e. The Morgan fingerprint density at radius 1 is 1.04 bits per heavy atom. The van der Waals surface area contributed by atoms with Crippen molar-refractivity contribution in [2.75, 3.05) is 6.61 Å². The van der Waals surface area contributed by atoms with Crippen LogP contribution >= 0.6 is 0 Å². The van der Waals surface area contributed by atoms with E-state index in [1.807, 2.05) is 6.07 Å². The lowest BCUT2D eigenvalue weighted by atomic mass is 10.1. The standard InChI is InChI=1S/C18H16O5/c19-17(20)7-3-4-10-22-12-8-9-16-14(11-12)18(21)13-5-1-2-6-15(13)23-16/h1-2,5-6,8-9,11H,3-4,7,10H2,(H,19,20). The predicted octanol–water partition coefficient (Wildman–Crippen LogP) is 3.58. The number of carboxylic acids is 1. The van der Waals surface area contributed by atoms with E-state index < -0.39 is 5.97 Å². The van der Waals surface area contributed by atoms with E-state index in [0.29, 0.717) is 47.1 Å². The summed E-state index contributed by atoms with van der Waals surface area (Å²) in [7, 11) is 0. The molecule has 0 saturated heterocycles. The van der Waals surface area contributed by atoms with Crippen molar-refractivity contribution in [2.24, 2.45) is 0 Å². The van der Waals surface area contributed by atoms with Crippen molar-refractivity contribution in [1.29, 1.82) is 0 Å². The van der Waals surface area contributed by atoms with Gasteiger partial charge in [0.15, 0.2) is 0 Å². The Hall–Kier alpha value is -2.82. The van der Waals surface area contributed by atoms with Crippen molar-refractivity contribution in [3.05, 3.63) is 52.7 Å². The van der Waals surface area contributed by atoms with E-state index in [0.717, 1.165) is 0 Å². The summed E-state index contributed by atoms with van der Waals surface area (Å²) in [5, 5.41) is 9.60. The fraction of sp³-hybridized carbons (Fsp3) is 0.222. The molecule has 0 aliphatic carbocycles. The van der Waals surface area contributed by atoms with Gasteiger partial charge in [0, 0.05) is 6.42 Å². The lowest BCUT2D eigenvalue weighted by molar-refractivity contribution is -0.137. The smallest absolute Gasteiger partial charge is 0.303 e. The average Bonchev–Trinajstić information content (AvgIpc) is 2.55.